The number of rotatable bonds is 52. The molecule has 0 bridgehead atoms. The molecule has 2 unspecified atom stereocenters. The third kappa shape index (κ3) is 49.5. The molecule has 0 rings (SSSR count). The number of unbranched alkanes of at least 4 members (excludes halogenated alkanes) is 35. The van der Waals surface area contributed by atoms with Gasteiger partial charge in [0.1, 0.15) is 0 Å². The van der Waals surface area contributed by atoms with Gasteiger partial charge in [-0.25, -0.2) is 0 Å². The Balaban J connectivity index is 3.40. The van der Waals surface area contributed by atoms with Crippen molar-refractivity contribution in [1.82, 2.24) is 5.32 Å². The maximum absolute atomic E-state index is 12.4. The molecule has 0 aliphatic rings. The van der Waals surface area contributed by atoms with Crippen LogP contribution in [0.15, 0.2) is 36.5 Å². The van der Waals surface area contributed by atoms with Crippen molar-refractivity contribution in [2.45, 2.75) is 309 Å². The molecule has 0 aromatic heterocycles. The number of hydrogen-bond donors (Lipinski definition) is 3. The van der Waals surface area contributed by atoms with Crippen molar-refractivity contribution in [3.05, 3.63) is 36.5 Å². The minimum Gasteiger partial charge on any atom is -0.466 e. The molecule has 0 saturated carbocycles. The first kappa shape index (κ1) is 62.1. The lowest BCUT2D eigenvalue weighted by atomic mass is 10.0. The van der Waals surface area contributed by atoms with Crippen LogP contribution in [0, 0.1) is 0 Å². The zero-order valence-electron chi connectivity index (χ0n) is 42.8. The molecule has 0 aromatic carbocycles. The van der Waals surface area contributed by atoms with E-state index in [0.29, 0.717) is 25.9 Å². The molecule has 3 N–H and O–H groups in total. The highest BCUT2D eigenvalue weighted by Crippen LogP contribution is 2.16. The number of carbonyl (C=O) groups is 2. The van der Waals surface area contributed by atoms with Crippen molar-refractivity contribution in [2.75, 3.05) is 13.2 Å². The van der Waals surface area contributed by atoms with E-state index in [4.69, 9.17) is 4.74 Å². The Morgan fingerprint density at radius 3 is 1.22 bits per heavy atom. The van der Waals surface area contributed by atoms with Gasteiger partial charge in [0.05, 0.1) is 25.4 Å². The second-order valence-corrected chi connectivity index (χ2v) is 19.3. The lowest BCUT2D eigenvalue weighted by Crippen LogP contribution is -2.45. The maximum Gasteiger partial charge on any atom is 0.305 e. The Kier molecular flexibility index (Phi) is 52.1. The summed E-state index contributed by atoms with van der Waals surface area (Å²) in [6.45, 7) is 4.90. The topological polar surface area (TPSA) is 95.9 Å². The first-order valence-electron chi connectivity index (χ1n) is 28.2. The van der Waals surface area contributed by atoms with Crippen LogP contribution in [0.1, 0.15) is 296 Å². The number of aliphatic hydroxyl groups is 2. The van der Waals surface area contributed by atoms with E-state index in [1.807, 2.05) is 0 Å². The normalized spacial score (nSPS) is 12.9. The fourth-order valence-electron chi connectivity index (χ4n) is 8.55. The monoisotopic (exact) mass is 900 g/mol. The number of allylic oxidation sites excluding steroid dienone is 6. The number of esters is 1. The van der Waals surface area contributed by atoms with E-state index in [1.54, 1.807) is 0 Å². The van der Waals surface area contributed by atoms with Gasteiger partial charge in [-0.1, -0.05) is 237 Å². The van der Waals surface area contributed by atoms with Crippen LogP contribution in [0.25, 0.3) is 0 Å². The smallest absolute Gasteiger partial charge is 0.305 e. The Bertz CT molecular complexity index is 1040. The Hall–Kier alpha value is -1.92. The molecule has 0 fully saturated rings. The van der Waals surface area contributed by atoms with Gasteiger partial charge in [-0.3, -0.25) is 9.59 Å². The van der Waals surface area contributed by atoms with E-state index in [0.717, 1.165) is 51.4 Å². The van der Waals surface area contributed by atoms with Crippen LogP contribution in [0.5, 0.6) is 0 Å². The predicted molar refractivity (Wildman–Crippen MR) is 278 cm³/mol. The molecule has 6 heteroatoms. The SMILES string of the molecule is CCCCCC/C=C\C/C=C\CCCCCCCCCC(=O)OCCCCCCCCCCC/C=C\CCCCCCCCCC(=O)NC(CO)C(O)CCCCCCCCCCC. The number of nitrogens with one attached hydrogen (secondary N) is 1. The Labute approximate surface area is 398 Å². The van der Waals surface area contributed by atoms with Crippen LogP contribution in [0.4, 0.5) is 0 Å². The highest BCUT2D eigenvalue weighted by molar-refractivity contribution is 5.76. The average molecular weight is 901 g/mol. The van der Waals surface area contributed by atoms with Gasteiger partial charge >= 0.3 is 5.97 Å². The van der Waals surface area contributed by atoms with Crippen molar-refractivity contribution in [3.63, 3.8) is 0 Å². The number of aliphatic hydroxyl groups excluding tert-OH is 2. The summed E-state index contributed by atoms with van der Waals surface area (Å²) in [6.07, 6.45) is 65.7. The molecule has 1 amide bonds. The summed E-state index contributed by atoms with van der Waals surface area (Å²) in [5.74, 6) is -0.0481. The summed E-state index contributed by atoms with van der Waals surface area (Å²) in [7, 11) is 0. The van der Waals surface area contributed by atoms with Crippen molar-refractivity contribution in [3.8, 4) is 0 Å². The molecule has 6 nitrogen and oxygen atoms in total. The third-order valence-electron chi connectivity index (χ3n) is 12.9. The molecular weight excluding hydrogens is 791 g/mol. The number of amides is 1. The number of hydrogen-bond acceptors (Lipinski definition) is 5. The van der Waals surface area contributed by atoms with Gasteiger partial charge in [-0.2, -0.15) is 0 Å². The minimum atomic E-state index is -0.668. The van der Waals surface area contributed by atoms with E-state index in [9.17, 15) is 19.8 Å². The van der Waals surface area contributed by atoms with E-state index in [1.165, 1.54) is 212 Å². The summed E-state index contributed by atoms with van der Waals surface area (Å²) in [6, 6.07) is -0.546. The third-order valence-corrected chi connectivity index (χ3v) is 12.9. The lowest BCUT2D eigenvalue weighted by Gasteiger charge is -2.22. The summed E-state index contributed by atoms with van der Waals surface area (Å²) < 4.78 is 5.48. The number of carbonyl (C=O) groups excluding carboxylic acids is 2. The van der Waals surface area contributed by atoms with Crippen LogP contribution in [-0.4, -0.2) is 47.4 Å². The molecular formula is C58H109NO5. The molecule has 0 radical (unpaired) electrons. The molecule has 0 saturated heterocycles. The largest absolute Gasteiger partial charge is 0.466 e. The highest BCUT2D eigenvalue weighted by Gasteiger charge is 2.20. The minimum absolute atomic E-state index is 0.00156. The van der Waals surface area contributed by atoms with Crippen molar-refractivity contribution >= 4 is 11.9 Å². The fourth-order valence-corrected chi connectivity index (χ4v) is 8.55. The summed E-state index contributed by atoms with van der Waals surface area (Å²) >= 11 is 0. The van der Waals surface area contributed by atoms with Crippen molar-refractivity contribution in [1.29, 1.82) is 0 Å². The van der Waals surface area contributed by atoms with Crippen molar-refractivity contribution < 1.29 is 24.5 Å². The first-order chi connectivity index (χ1) is 31.5. The second-order valence-electron chi connectivity index (χ2n) is 19.3. The summed E-state index contributed by atoms with van der Waals surface area (Å²) in [5, 5.41) is 23.1. The molecule has 0 heterocycles. The molecule has 2 atom stereocenters. The standard InChI is InChI=1S/C58H109NO5/c1-3-5-7-9-11-13-14-15-16-17-23-26-29-32-36-40-44-48-52-58(63)64-53-49-45-41-37-33-30-27-24-21-19-18-20-22-25-28-31-35-39-43-47-51-57(62)59-55(54-60)56(61)50-46-42-38-34-12-10-8-6-4-2/h13-14,16-18,20,55-56,60-61H,3-12,15,19,21-54H2,1-2H3,(H,59,62)/b14-13-,17-16-,20-18-. The average Bonchev–Trinajstić information content (AvgIpc) is 3.29. The van der Waals surface area contributed by atoms with Gasteiger partial charge in [0, 0.05) is 12.8 Å². The van der Waals surface area contributed by atoms with E-state index < -0.39 is 12.1 Å². The lowest BCUT2D eigenvalue weighted by molar-refractivity contribution is -0.143. The Morgan fingerprint density at radius 1 is 0.438 bits per heavy atom. The van der Waals surface area contributed by atoms with E-state index in [2.05, 4.69) is 55.6 Å². The summed E-state index contributed by atoms with van der Waals surface area (Å²) in [5.41, 5.74) is 0. The molecule has 0 aliphatic heterocycles. The molecule has 0 aromatic rings. The zero-order valence-corrected chi connectivity index (χ0v) is 42.8. The molecule has 64 heavy (non-hydrogen) atoms. The fraction of sp³-hybridized carbons (Fsp3) is 0.862. The quantitative estimate of drug-likeness (QED) is 0.0321. The van der Waals surface area contributed by atoms with Crippen LogP contribution >= 0.6 is 0 Å². The highest BCUT2D eigenvalue weighted by atomic mass is 16.5. The summed E-state index contributed by atoms with van der Waals surface area (Å²) in [4.78, 5) is 24.5. The van der Waals surface area contributed by atoms with Gasteiger partial charge in [-0.15, -0.1) is 0 Å². The van der Waals surface area contributed by atoms with Gasteiger partial charge in [0.25, 0.3) is 0 Å². The molecule has 376 valence electrons. The van der Waals surface area contributed by atoms with Gasteiger partial charge < -0.3 is 20.3 Å². The van der Waals surface area contributed by atoms with E-state index in [-0.39, 0.29) is 18.5 Å². The Morgan fingerprint density at radius 2 is 0.781 bits per heavy atom. The van der Waals surface area contributed by atoms with Crippen LogP contribution in [-0.2, 0) is 14.3 Å². The maximum atomic E-state index is 12.4. The second kappa shape index (κ2) is 53.7. The number of ether oxygens (including phenoxy) is 1. The van der Waals surface area contributed by atoms with Crippen molar-refractivity contribution in [2.24, 2.45) is 0 Å². The van der Waals surface area contributed by atoms with Gasteiger partial charge in [0.15, 0.2) is 0 Å². The van der Waals surface area contributed by atoms with Gasteiger partial charge in [-0.05, 0) is 83.5 Å². The van der Waals surface area contributed by atoms with Crippen LogP contribution in [0.2, 0.25) is 0 Å². The molecule has 0 spiro atoms. The van der Waals surface area contributed by atoms with E-state index >= 15 is 0 Å². The molecule has 0 aliphatic carbocycles. The van der Waals surface area contributed by atoms with Crippen LogP contribution in [0.3, 0.4) is 0 Å². The van der Waals surface area contributed by atoms with Crippen LogP contribution < -0.4 is 5.32 Å². The zero-order chi connectivity index (χ0) is 46.5. The predicted octanol–water partition coefficient (Wildman–Crippen LogP) is 17.2. The first-order valence-corrected chi connectivity index (χ1v) is 28.2. The van der Waals surface area contributed by atoms with Gasteiger partial charge in [0.2, 0.25) is 5.91 Å².